The van der Waals surface area contributed by atoms with Crippen LogP contribution in [0.4, 0.5) is 0 Å². The lowest BCUT2D eigenvalue weighted by molar-refractivity contribution is 0.457. The zero-order valence-electron chi connectivity index (χ0n) is 25.2. The van der Waals surface area contributed by atoms with E-state index >= 15 is 0 Å². The van der Waals surface area contributed by atoms with Crippen molar-refractivity contribution in [2.45, 2.75) is 180 Å². The van der Waals surface area contributed by atoms with Gasteiger partial charge in [0.25, 0.3) is 10.1 Å². The zero-order chi connectivity index (χ0) is 27.7. The minimum atomic E-state index is -4.11. The average Bonchev–Trinajstić information content (AvgIpc) is 2.90. The maximum Gasteiger partial charge on any atom is 0.271 e. The second-order valence-corrected chi connectivity index (χ2v) is 13.3. The fourth-order valence-corrected chi connectivity index (χ4v) is 6.71. The number of rotatable bonds is 27. The molecule has 0 amide bonds. The molecule has 1 aromatic rings. The van der Waals surface area contributed by atoms with E-state index in [0.717, 1.165) is 43.2 Å². The summed E-state index contributed by atoms with van der Waals surface area (Å²) in [6.07, 6.45) is 30.9. The van der Waals surface area contributed by atoms with Crippen LogP contribution < -0.4 is 0 Å². The van der Waals surface area contributed by atoms with Crippen molar-refractivity contribution in [3.63, 3.8) is 0 Å². The highest BCUT2D eigenvalue weighted by molar-refractivity contribution is 7.86. The molecule has 4 heteroatoms. The van der Waals surface area contributed by atoms with Gasteiger partial charge in [-0.3, -0.25) is 4.55 Å². The van der Waals surface area contributed by atoms with Gasteiger partial charge in [-0.1, -0.05) is 179 Å². The summed E-state index contributed by atoms with van der Waals surface area (Å²) in [5.41, 5.74) is 1.93. The van der Waals surface area contributed by atoms with Crippen LogP contribution in [0, 0.1) is 0 Å². The van der Waals surface area contributed by atoms with Crippen molar-refractivity contribution >= 4 is 10.1 Å². The van der Waals surface area contributed by atoms with E-state index in [2.05, 4.69) is 19.9 Å². The molecule has 0 bridgehead atoms. The Morgan fingerprint density at radius 1 is 0.553 bits per heavy atom. The lowest BCUT2D eigenvalue weighted by Gasteiger charge is -2.18. The zero-order valence-corrected chi connectivity index (χ0v) is 26.1. The lowest BCUT2D eigenvalue weighted by Crippen LogP contribution is -2.14. The van der Waals surface area contributed by atoms with Crippen molar-refractivity contribution in [2.75, 3.05) is 0 Å². The topological polar surface area (TPSA) is 54.4 Å². The van der Waals surface area contributed by atoms with Crippen LogP contribution in [-0.2, 0) is 16.5 Å². The number of hydrogen-bond acceptors (Lipinski definition) is 2. The summed E-state index contributed by atoms with van der Waals surface area (Å²) in [6.45, 7) is 4.52. The first kappa shape index (κ1) is 35.2. The molecule has 0 aliphatic heterocycles. The lowest BCUT2D eigenvalue weighted by atomic mass is 9.95. The SMILES string of the molecule is CCCCCCCCCCCCCCc1ccccc1C(CCCCCCCCCCCCC)S(=O)(=O)O. The fourth-order valence-electron chi connectivity index (χ4n) is 5.69. The van der Waals surface area contributed by atoms with Crippen LogP contribution in [0.25, 0.3) is 0 Å². The molecule has 0 fully saturated rings. The molecule has 38 heavy (non-hydrogen) atoms. The van der Waals surface area contributed by atoms with Crippen molar-refractivity contribution in [1.82, 2.24) is 0 Å². The third-order valence-corrected chi connectivity index (χ3v) is 9.34. The Kier molecular flexibility index (Phi) is 22.2. The predicted molar refractivity (Wildman–Crippen MR) is 167 cm³/mol. The predicted octanol–water partition coefficient (Wildman–Crippen LogP) is 11.6. The first-order valence-electron chi connectivity index (χ1n) is 16.5. The summed E-state index contributed by atoms with van der Waals surface area (Å²) >= 11 is 0. The Bertz CT molecular complexity index is 759. The van der Waals surface area contributed by atoms with Crippen LogP contribution in [0.2, 0.25) is 0 Å². The quantitative estimate of drug-likeness (QED) is 0.0875. The summed E-state index contributed by atoms with van der Waals surface area (Å²) in [7, 11) is -4.11. The van der Waals surface area contributed by atoms with Crippen molar-refractivity contribution in [1.29, 1.82) is 0 Å². The van der Waals surface area contributed by atoms with Crippen LogP contribution in [-0.4, -0.2) is 13.0 Å². The van der Waals surface area contributed by atoms with Crippen molar-refractivity contribution in [2.24, 2.45) is 0 Å². The minimum absolute atomic E-state index is 0.519. The van der Waals surface area contributed by atoms with Gasteiger partial charge in [-0.05, 0) is 30.4 Å². The maximum absolute atomic E-state index is 12.3. The van der Waals surface area contributed by atoms with Crippen molar-refractivity contribution < 1.29 is 13.0 Å². The van der Waals surface area contributed by atoms with Gasteiger partial charge in [0.15, 0.2) is 0 Å². The summed E-state index contributed by atoms with van der Waals surface area (Å²) in [6, 6.07) is 7.90. The molecule has 1 unspecified atom stereocenters. The van der Waals surface area contributed by atoms with Crippen molar-refractivity contribution in [3.05, 3.63) is 35.4 Å². The molecule has 0 heterocycles. The largest absolute Gasteiger partial charge is 0.285 e. The molecular formula is C34H62O3S. The third kappa shape index (κ3) is 18.4. The molecule has 0 radical (unpaired) electrons. The first-order chi connectivity index (χ1) is 18.5. The van der Waals surface area contributed by atoms with E-state index < -0.39 is 15.4 Å². The number of benzene rings is 1. The average molecular weight is 551 g/mol. The Balaban J connectivity index is 2.30. The van der Waals surface area contributed by atoms with E-state index in [4.69, 9.17) is 0 Å². The summed E-state index contributed by atoms with van der Waals surface area (Å²) in [5.74, 6) is 0. The number of unbranched alkanes of at least 4 members (excludes halogenated alkanes) is 21. The number of hydrogen-bond donors (Lipinski definition) is 1. The molecule has 222 valence electrons. The highest BCUT2D eigenvalue weighted by Gasteiger charge is 2.26. The van der Waals surface area contributed by atoms with Gasteiger partial charge in [0.1, 0.15) is 5.25 Å². The van der Waals surface area contributed by atoms with Crippen molar-refractivity contribution in [3.8, 4) is 0 Å². The van der Waals surface area contributed by atoms with Crippen LogP contribution in [0.15, 0.2) is 24.3 Å². The molecule has 1 atom stereocenters. The second-order valence-electron chi connectivity index (χ2n) is 11.7. The normalized spacial score (nSPS) is 12.7. The molecule has 0 spiro atoms. The van der Waals surface area contributed by atoms with E-state index in [-0.39, 0.29) is 0 Å². The van der Waals surface area contributed by atoms with Gasteiger partial charge in [-0.2, -0.15) is 8.42 Å². The Hall–Kier alpha value is -0.870. The molecule has 1 N–H and O–H groups in total. The summed E-state index contributed by atoms with van der Waals surface area (Å²) in [4.78, 5) is 0. The smallest absolute Gasteiger partial charge is 0.271 e. The van der Waals surface area contributed by atoms with E-state index in [0.29, 0.717) is 6.42 Å². The summed E-state index contributed by atoms with van der Waals surface area (Å²) in [5, 5.41) is -0.783. The molecular weight excluding hydrogens is 488 g/mol. The molecule has 0 aliphatic carbocycles. The molecule has 1 rings (SSSR count). The van der Waals surface area contributed by atoms with Crippen LogP contribution >= 0.6 is 0 Å². The fraction of sp³-hybridized carbons (Fsp3) is 0.824. The Morgan fingerprint density at radius 3 is 1.34 bits per heavy atom. The molecule has 0 aromatic heterocycles. The molecule has 3 nitrogen and oxygen atoms in total. The maximum atomic E-state index is 12.3. The number of aryl methyl sites for hydroxylation is 1. The minimum Gasteiger partial charge on any atom is -0.285 e. The highest BCUT2D eigenvalue weighted by atomic mass is 32.2. The van der Waals surface area contributed by atoms with E-state index in [1.54, 1.807) is 0 Å². The molecule has 0 saturated carbocycles. The summed E-state index contributed by atoms with van der Waals surface area (Å²) < 4.78 is 34.7. The van der Waals surface area contributed by atoms with Crippen LogP contribution in [0.3, 0.4) is 0 Å². The van der Waals surface area contributed by atoms with Crippen LogP contribution in [0.5, 0.6) is 0 Å². The van der Waals surface area contributed by atoms with E-state index in [9.17, 15) is 13.0 Å². The van der Waals surface area contributed by atoms with Gasteiger partial charge in [0, 0.05) is 0 Å². The van der Waals surface area contributed by atoms with E-state index in [1.807, 2.05) is 18.2 Å². The van der Waals surface area contributed by atoms with Crippen LogP contribution in [0.1, 0.15) is 184 Å². The molecule has 0 aliphatic rings. The van der Waals surface area contributed by atoms with Gasteiger partial charge in [0.05, 0.1) is 0 Å². The Labute approximate surface area is 237 Å². The van der Waals surface area contributed by atoms with Gasteiger partial charge >= 0.3 is 0 Å². The van der Waals surface area contributed by atoms with Gasteiger partial charge in [-0.25, -0.2) is 0 Å². The molecule has 0 saturated heterocycles. The molecule has 1 aromatic carbocycles. The van der Waals surface area contributed by atoms with Gasteiger partial charge in [0.2, 0.25) is 0 Å². The van der Waals surface area contributed by atoms with E-state index in [1.165, 1.54) is 122 Å². The van der Waals surface area contributed by atoms with Gasteiger partial charge in [-0.15, -0.1) is 0 Å². The first-order valence-corrected chi connectivity index (χ1v) is 18.0. The standard InChI is InChI=1S/C34H62O3S/c1-3-5-7-9-11-13-15-17-18-20-22-24-28-32-29-26-27-30-33(32)34(38(35,36)37)31-25-23-21-19-16-14-12-10-8-6-4-2/h26-27,29-30,34H,3-25,28,31H2,1-2H3,(H,35,36,37). The second kappa shape index (κ2) is 24.0. The third-order valence-electron chi connectivity index (χ3n) is 8.13. The highest BCUT2D eigenvalue weighted by Crippen LogP contribution is 2.31. The monoisotopic (exact) mass is 550 g/mol. The Morgan fingerprint density at radius 2 is 0.921 bits per heavy atom. The van der Waals surface area contributed by atoms with Gasteiger partial charge < -0.3 is 0 Å².